The molecule has 1 aromatic carbocycles. The van der Waals surface area contributed by atoms with Crippen molar-refractivity contribution in [3.63, 3.8) is 0 Å². The largest absolute Gasteiger partial charge is 0.324 e. The molecule has 0 fully saturated rings. The molecule has 17 heavy (non-hydrogen) atoms. The highest BCUT2D eigenvalue weighted by Gasteiger charge is 2.12. The monoisotopic (exact) mass is 272 g/mol. The molecule has 0 amide bonds. The molecule has 0 spiro atoms. The van der Waals surface area contributed by atoms with Crippen molar-refractivity contribution in [2.24, 2.45) is 0 Å². The van der Waals surface area contributed by atoms with E-state index in [0.717, 1.165) is 16.7 Å². The van der Waals surface area contributed by atoms with Gasteiger partial charge in [-0.2, -0.15) is 0 Å². The maximum atomic E-state index is 11.8. The lowest BCUT2D eigenvalue weighted by Gasteiger charge is -2.12. The van der Waals surface area contributed by atoms with Crippen LogP contribution in [-0.4, -0.2) is 26.7 Å². The maximum Gasteiger partial charge on any atom is 0.0861 e. The van der Waals surface area contributed by atoms with Crippen LogP contribution in [-0.2, 0) is 21.5 Å². The first-order valence-electron chi connectivity index (χ1n) is 5.73. The maximum absolute atomic E-state index is 11.8. The summed E-state index contributed by atoms with van der Waals surface area (Å²) < 4.78 is 23.7. The fraction of sp³-hybridized carbons (Fsp3) is 0.538. The van der Waals surface area contributed by atoms with E-state index in [0.29, 0.717) is 12.3 Å². The van der Waals surface area contributed by atoms with E-state index in [1.807, 2.05) is 13.0 Å². The number of hydrogen-bond acceptors (Lipinski definition) is 2. The molecule has 0 aliphatic carbocycles. The minimum absolute atomic E-state index is 0.624. The summed E-state index contributed by atoms with van der Waals surface area (Å²) in [5.41, 5.74) is 3.35. The number of rotatable bonds is 4. The smallest absolute Gasteiger partial charge is 0.0861 e. The van der Waals surface area contributed by atoms with E-state index in [4.69, 9.17) is 0 Å². The summed E-state index contributed by atoms with van der Waals surface area (Å²) in [5, 5.41) is 0. The lowest BCUT2D eigenvalue weighted by molar-refractivity contribution is 0.581. The molecule has 0 saturated heterocycles. The van der Waals surface area contributed by atoms with Crippen LogP contribution in [0.25, 0.3) is 0 Å². The van der Waals surface area contributed by atoms with Gasteiger partial charge in [0.25, 0.3) is 0 Å². The van der Waals surface area contributed by atoms with Crippen LogP contribution in [0.5, 0.6) is 0 Å². The fourth-order valence-electron chi connectivity index (χ4n) is 2.01. The number of hydrogen-bond donors (Lipinski definition) is 0. The second-order valence-corrected chi connectivity index (χ2v) is 12.7. The molecule has 0 aromatic heterocycles. The van der Waals surface area contributed by atoms with Crippen LogP contribution < -0.4 is 0 Å². The molecule has 0 bridgehead atoms. The van der Waals surface area contributed by atoms with Crippen molar-refractivity contribution in [2.45, 2.75) is 19.2 Å². The predicted octanol–water partition coefficient (Wildman–Crippen LogP) is 4.24. The SMILES string of the molecule is Cc1cc(CP(C)(C)=O)cc(CP(C)(C)=O)c1. The topological polar surface area (TPSA) is 34.1 Å². The Labute approximate surface area is 105 Å². The molecule has 1 aromatic rings. The molecule has 0 atom stereocenters. The Balaban J connectivity index is 3.03. The van der Waals surface area contributed by atoms with Crippen LogP contribution in [0.1, 0.15) is 16.7 Å². The highest BCUT2D eigenvalue weighted by Crippen LogP contribution is 2.43. The van der Waals surface area contributed by atoms with Gasteiger partial charge < -0.3 is 9.13 Å². The van der Waals surface area contributed by atoms with Crippen molar-refractivity contribution in [3.05, 3.63) is 34.9 Å². The second-order valence-electron chi connectivity index (χ2n) is 5.79. The van der Waals surface area contributed by atoms with Crippen molar-refractivity contribution in [1.29, 1.82) is 0 Å². The van der Waals surface area contributed by atoms with E-state index >= 15 is 0 Å². The van der Waals surface area contributed by atoms with Crippen LogP contribution in [0.4, 0.5) is 0 Å². The van der Waals surface area contributed by atoms with Gasteiger partial charge in [-0.1, -0.05) is 23.8 Å². The summed E-state index contributed by atoms with van der Waals surface area (Å²) in [7, 11) is -4.10. The second kappa shape index (κ2) is 5.12. The Morgan fingerprint density at radius 3 is 1.47 bits per heavy atom. The summed E-state index contributed by atoms with van der Waals surface area (Å²) in [4.78, 5) is 0. The zero-order chi connectivity index (χ0) is 13.3. The first kappa shape index (κ1) is 14.7. The Kier molecular flexibility index (Phi) is 4.44. The molecule has 2 nitrogen and oxygen atoms in total. The van der Waals surface area contributed by atoms with Crippen LogP contribution in [0.15, 0.2) is 18.2 Å². The lowest BCUT2D eigenvalue weighted by Crippen LogP contribution is -1.92. The molecule has 4 heteroatoms. The molecule has 0 saturated carbocycles. The van der Waals surface area contributed by atoms with E-state index in [9.17, 15) is 9.13 Å². The third-order valence-corrected chi connectivity index (χ3v) is 4.58. The van der Waals surface area contributed by atoms with E-state index in [1.54, 1.807) is 26.7 Å². The summed E-state index contributed by atoms with van der Waals surface area (Å²) >= 11 is 0. The van der Waals surface area contributed by atoms with Crippen molar-refractivity contribution in [3.8, 4) is 0 Å². The third-order valence-electron chi connectivity index (χ3n) is 2.32. The van der Waals surface area contributed by atoms with Crippen LogP contribution in [0.2, 0.25) is 0 Å². The molecular weight excluding hydrogens is 250 g/mol. The Hall–Kier alpha value is -0.320. The quantitative estimate of drug-likeness (QED) is 0.768. The van der Waals surface area contributed by atoms with Gasteiger partial charge in [0, 0.05) is 12.3 Å². The predicted molar refractivity (Wildman–Crippen MR) is 77.5 cm³/mol. The Morgan fingerprint density at radius 1 is 0.824 bits per heavy atom. The van der Waals surface area contributed by atoms with E-state index < -0.39 is 14.3 Å². The summed E-state index contributed by atoms with van der Waals surface area (Å²) in [6, 6.07) is 6.19. The zero-order valence-electron chi connectivity index (χ0n) is 11.4. The normalized spacial score (nSPS) is 12.8. The van der Waals surface area contributed by atoms with Gasteiger partial charge in [0.1, 0.15) is 0 Å². The molecule has 0 heterocycles. The summed E-state index contributed by atoms with van der Waals surface area (Å²) in [5.74, 6) is 0. The summed E-state index contributed by atoms with van der Waals surface area (Å²) in [6.07, 6.45) is 1.25. The molecule has 0 aliphatic rings. The Bertz CT molecular complexity index is 452. The first-order chi connectivity index (χ1) is 7.55. The van der Waals surface area contributed by atoms with Crippen molar-refractivity contribution < 1.29 is 9.13 Å². The third kappa shape index (κ3) is 6.24. The van der Waals surface area contributed by atoms with E-state index in [2.05, 4.69) is 12.1 Å². The summed E-state index contributed by atoms with van der Waals surface area (Å²) in [6.45, 7) is 9.25. The average molecular weight is 272 g/mol. The first-order valence-corrected chi connectivity index (χ1v) is 11.3. The molecule has 0 unspecified atom stereocenters. The van der Waals surface area contributed by atoms with Crippen LogP contribution in [0.3, 0.4) is 0 Å². The molecule has 0 aliphatic heterocycles. The van der Waals surface area contributed by atoms with Crippen LogP contribution >= 0.6 is 14.3 Å². The van der Waals surface area contributed by atoms with Crippen molar-refractivity contribution in [1.82, 2.24) is 0 Å². The number of aryl methyl sites for hydroxylation is 1. The Morgan fingerprint density at radius 2 is 1.18 bits per heavy atom. The highest BCUT2D eigenvalue weighted by molar-refractivity contribution is 7.61. The fourth-order valence-corrected chi connectivity index (χ4v) is 4.13. The van der Waals surface area contributed by atoms with Gasteiger partial charge >= 0.3 is 0 Å². The van der Waals surface area contributed by atoms with Gasteiger partial charge in [-0.15, -0.1) is 0 Å². The van der Waals surface area contributed by atoms with Gasteiger partial charge in [-0.25, -0.2) is 0 Å². The van der Waals surface area contributed by atoms with Gasteiger partial charge in [-0.3, -0.25) is 0 Å². The van der Waals surface area contributed by atoms with E-state index in [1.165, 1.54) is 0 Å². The van der Waals surface area contributed by atoms with E-state index in [-0.39, 0.29) is 0 Å². The zero-order valence-corrected chi connectivity index (χ0v) is 13.1. The lowest BCUT2D eigenvalue weighted by atomic mass is 10.1. The van der Waals surface area contributed by atoms with Crippen molar-refractivity contribution in [2.75, 3.05) is 26.7 Å². The minimum atomic E-state index is -2.05. The van der Waals surface area contributed by atoms with Crippen LogP contribution in [0, 0.1) is 6.92 Å². The minimum Gasteiger partial charge on any atom is -0.324 e. The standard InChI is InChI=1S/C13H22O2P2/c1-11-6-12(9-16(2,3)14)8-13(7-11)10-17(4,5)15/h6-8H,9-10H2,1-5H3. The molecule has 96 valence electrons. The highest BCUT2D eigenvalue weighted by atomic mass is 31.2. The van der Waals surface area contributed by atoms with Gasteiger partial charge in [0.15, 0.2) is 0 Å². The van der Waals surface area contributed by atoms with Gasteiger partial charge in [-0.05, 0) is 44.7 Å². The average Bonchev–Trinajstić information content (AvgIpc) is 1.93. The molecule has 0 N–H and O–H groups in total. The van der Waals surface area contributed by atoms with Gasteiger partial charge in [0.05, 0.1) is 14.3 Å². The molecule has 0 radical (unpaired) electrons. The van der Waals surface area contributed by atoms with Crippen molar-refractivity contribution >= 4 is 14.3 Å². The number of benzene rings is 1. The van der Waals surface area contributed by atoms with Gasteiger partial charge in [0.2, 0.25) is 0 Å². The molecular formula is C13H22O2P2. The molecule has 1 rings (SSSR count).